The highest BCUT2D eigenvalue weighted by atomic mass is 35.5. The van der Waals surface area contributed by atoms with Gasteiger partial charge in [-0.05, 0) is 32.2 Å². The van der Waals surface area contributed by atoms with Gasteiger partial charge in [-0.15, -0.1) is 12.4 Å². The molecule has 1 heterocycles. The second-order valence-electron chi connectivity index (χ2n) is 5.17. The molecule has 0 bridgehead atoms. The first-order valence-electron chi connectivity index (χ1n) is 7.65. The number of benzene rings is 1. The summed E-state index contributed by atoms with van der Waals surface area (Å²) in [5, 5.41) is 8.89. The maximum absolute atomic E-state index is 13.5. The van der Waals surface area contributed by atoms with Crippen molar-refractivity contribution in [1.82, 2.24) is 15.1 Å². The Bertz CT molecular complexity index is 808. The maximum Gasteiger partial charge on any atom is 0.434 e. The highest BCUT2D eigenvalue weighted by Gasteiger charge is 2.41. The number of halogens is 4. The van der Waals surface area contributed by atoms with E-state index in [1.807, 2.05) is 0 Å². The van der Waals surface area contributed by atoms with Crippen LogP contribution in [0.5, 0.6) is 0 Å². The largest absolute Gasteiger partial charge is 0.462 e. The number of hydrogen-bond donors (Lipinski definition) is 2. The van der Waals surface area contributed by atoms with Crippen molar-refractivity contribution in [2.45, 2.75) is 13.1 Å². The summed E-state index contributed by atoms with van der Waals surface area (Å²) < 4.78 is 45.7. The summed E-state index contributed by atoms with van der Waals surface area (Å²) in [6.07, 6.45) is -4.02. The number of nitrogens with zero attached hydrogens (tertiary/aromatic N) is 2. The van der Waals surface area contributed by atoms with Crippen LogP contribution in [0.3, 0.4) is 0 Å². The Labute approximate surface area is 159 Å². The number of anilines is 1. The monoisotopic (exact) mass is 406 g/mol. The van der Waals surface area contributed by atoms with E-state index in [-0.39, 0.29) is 37.2 Å². The number of likely N-dealkylation sites (N-methyl/N-ethyl adjacent to an activating group) is 1. The zero-order valence-electron chi connectivity index (χ0n) is 14.5. The minimum absolute atomic E-state index is 0. The number of rotatable bonds is 6. The predicted molar refractivity (Wildman–Crippen MR) is 94.3 cm³/mol. The molecule has 27 heavy (non-hydrogen) atoms. The molecule has 1 aromatic heterocycles. The Balaban J connectivity index is 0.00000364. The maximum atomic E-state index is 13.5. The summed E-state index contributed by atoms with van der Waals surface area (Å²) >= 11 is 0. The van der Waals surface area contributed by atoms with Gasteiger partial charge in [0.05, 0.1) is 25.0 Å². The van der Waals surface area contributed by atoms with Crippen molar-refractivity contribution in [2.75, 3.05) is 25.5 Å². The van der Waals surface area contributed by atoms with Crippen LogP contribution in [0.4, 0.5) is 18.9 Å². The standard InChI is InChI=1S/C16H17F3N4O3.ClH/c1-3-26-15(25)12-8-21-23(14(12)16(17,18)19)11-6-4-5-10(7-11)22-13(24)9-20-2;/h4-8,20H,3,9H2,1-2H3,(H,22,24);1H. The van der Waals surface area contributed by atoms with Crippen LogP contribution in [0, 0.1) is 0 Å². The Morgan fingerprint density at radius 2 is 2.00 bits per heavy atom. The van der Waals surface area contributed by atoms with Gasteiger partial charge in [-0.25, -0.2) is 9.48 Å². The summed E-state index contributed by atoms with van der Waals surface area (Å²) in [6.45, 7) is 1.48. The number of hydrogen-bond acceptors (Lipinski definition) is 5. The summed E-state index contributed by atoms with van der Waals surface area (Å²) in [4.78, 5) is 23.4. The van der Waals surface area contributed by atoms with E-state index in [0.29, 0.717) is 10.4 Å². The lowest BCUT2D eigenvalue weighted by Crippen LogP contribution is -2.25. The molecule has 1 amide bonds. The van der Waals surface area contributed by atoms with E-state index < -0.39 is 23.4 Å². The molecular formula is C16H18ClF3N4O3. The lowest BCUT2D eigenvalue weighted by Gasteiger charge is -2.13. The fourth-order valence-electron chi connectivity index (χ4n) is 2.26. The van der Waals surface area contributed by atoms with Crippen LogP contribution < -0.4 is 10.6 Å². The van der Waals surface area contributed by atoms with E-state index in [9.17, 15) is 22.8 Å². The van der Waals surface area contributed by atoms with Crippen molar-refractivity contribution in [3.05, 3.63) is 41.7 Å². The Morgan fingerprint density at radius 1 is 1.30 bits per heavy atom. The number of carbonyl (C=O) groups excluding carboxylic acids is 2. The minimum Gasteiger partial charge on any atom is -0.462 e. The Hall–Kier alpha value is -2.59. The van der Waals surface area contributed by atoms with Crippen LogP contribution in [0.2, 0.25) is 0 Å². The molecule has 1 aromatic carbocycles. The van der Waals surface area contributed by atoms with Gasteiger partial charge >= 0.3 is 12.1 Å². The molecule has 0 atom stereocenters. The molecule has 148 valence electrons. The molecule has 0 aliphatic heterocycles. The van der Waals surface area contributed by atoms with Gasteiger partial charge in [-0.3, -0.25) is 4.79 Å². The highest BCUT2D eigenvalue weighted by molar-refractivity contribution is 5.92. The zero-order chi connectivity index (χ0) is 19.3. The van der Waals surface area contributed by atoms with Gasteiger partial charge in [0.25, 0.3) is 0 Å². The first-order chi connectivity index (χ1) is 12.3. The van der Waals surface area contributed by atoms with Gasteiger partial charge in [-0.2, -0.15) is 18.3 Å². The van der Waals surface area contributed by atoms with Crippen molar-refractivity contribution in [3.8, 4) is 5.69 Å². The Kier molecular flexibility index (Phi) is 7.80. The molecular weight excluding hydrogens is 389 g/mol. The fourth-order valence-corrected chi connectivity index (χ4v) is 2.26. The van der Waals surface area contributed by atoms with Crippen LogP contribution in [-0.2, 0) is 15.7 Å². The van der Waals surface area contributed by atoms with Crippen LogP contribution >= 0.6 is 12.4 Å². The van der Waals surface area contributed by atoms with E-state index in [4.69, 9.17) is 0 Å². The molecule has 0 fully saturated rings. The summed E-state index contributed by atoms with van der Waals surface area (Å²) in [5.74, 6) is -1.46. The molecule has 2 aromatic rings. The van der Waals surface area contributed by atoms with E-state index in [1.165, 1.54) is 31.2 Å². The van der Waals surface area contributed by atoms with Gasteiger partial charge in [0.2, 0.25) is 5.91 Å². The number of alkyl halides is 3. The summed E-state index contributed by atoms with van der Waals surface area (Å²) in [7, 11) is 1.59. The van der Waals surface area contributed by atoms with E-state index in [0.717, 1.165) is 6.20 Å². The highest BCUT2D eigenvalue weighted by Crippen LogP contribution is 2.34. The molecule has 11 heteroatoms. The van der Waals surface area contributed by atoms with Crippen molar-refractivity contribution in [2.24, 2.45) is 0 Å². The van der Waals surface area contributed by atoms with Gasteiger partial charge in [0, 0.05) is 5.69 Å². The second-order valence-corrected chi connectivity index (χ2v) is 5.17. The molecule has 0 aliphatic carbocycles. The van der Waals surface area contributed by atoms with Gasteiger partial charge in [-0.1, -0.05) is 6.07 Å². The average Bonchev–Trinajstić information content (AvgIpc) is 3.01. The number of carbonyl (C=O) groups is 2. The van der Waals surface area contributed by atoms with Crippen LogP contribution in [0.1, 0.15) is 23.0 Å². The van der Waals surface area contributed by atoms with Crippen molar-refractivity contribution in [3.63, 3.8) is 0 Å². The van der Waals surface area contributed by atoms with E-state index in [1.54, 1.807) is 7.05 Å². The number of aromatic nitrogens is 2. The molecule has 7 nitrogen and oxygen atoms in total. The third-order valence-electron chi connectivity index (χ3n) is 3.24. The quantitative estimate of drug-likeness (QED) is 0.720. The number of esters is 1. The summed E-state index contributed by atoms with van der Waals surface area (Å²) in [5.41, 5.74) is -1.59. The second kappa shape index (κ2) is 9.38. The number of ether oxygens (including phenoxy) is 1. The molecule has 0 radical (unpaired) electrons. The molecule has 0 unspecified atom stereocenters. The van der Waals surface area contributed by atoms with Crippen molar-refractivity contribution in [1.29, 1.82) is 0 Å². The lowest BCUT2D eigenvalue weighted by molar-refractivity contribution is -0.143. The van der Waals surface area contributed by atoms with E-state index >= 15 is 0 Å². The molecule has 0 spiro atoms. The van der Waals surface area contributed by atoms with Gasteiger partial charge in [0.1, 0.15) is 5.56 Å². The first kappa shape index (κ1) is 22.5. The van der Waals surface area contributed by atoms with E-state index in [2.05, 4.69) is 20.5 Å². The molecule has 0 saturated heterocycles. The third kappa shape index (κ3) is 5.44. The molecule has 0 saturated carbocycles. The zero-order valence-corrected chi connectivity index (χ0v) is 15.3. The number of nitrogens with one attached hydrogen (secondary N) is 2. The van der Waals surface area contributed by atoms with Crippen molar-refractivity contribution < 1.29 is 27.5 Å². The van der Waals surface area contributed by atoms with Crippen molar-refractivity contribution >= 4 is 30.0 Å². The Morgan fingerprint density at radius 3 is 2.59 bits per heavy atom. The smallest absolute Gasteiger partial charge is 0.434 e. The third-order valence-corrected chi connectivity index (χ3v) is 3.24. The minimum atomic E-state index is -4.83. The van der Waals surface area contributed by atoms with Gasteiger partial charge in [0.15, 0.2) is 5.69 Å². The molecule has 0 aliphatic rings. The topological polar surface area (TPSA) is 85.2 Å². The van der Waals surface area contributed by atoms with Crippen LogP contribution in [0.15, 0.2) is 30.5 Å². The molecule has 2 N–H and O–H groups in total. The van der Waals surface area contributed by atoms with Crippen LogP contribution in [0.25, 0.3) is 5.69 Å². The summed E-state index contributed by atoms with van der Waals surface area (Å²) in [6, 6.07) is 5.70. The van der Waals surface area contributed by atoms with Crippen LogP contribution in [-0.4, -0.2) is 41.9 Å². The first-order valence-corrected chi connectivity index (χ1v) is 7.65. The number of amides is 1. The SMILES string of the molecule is CCOC(=O)c1cnn(-c2cccc(NC(=O)CNC)c2)c1C(F)(F)F.Cl. The molecule has 2 rings (SSSR count). The normalized spacial score (nSPS) is 10.9. The fraction of sp³-hybridized carbons (Fsp3) is 0.312. The average molecular weight is 407 g/mol. The lowest BCUT2D eigenvalue weighted by atomic mass is 10.2. The predicted octanol–water partition coefficient (Wildman–Crippen LogP) is 2.65. The van der Waals surface area contributed by atoms with Gasteiger partial charge < -0.3 is 15.4 Å².